The molecule has 1 aliphatic heterocycles. The predicted molar refractivity (Wildman–Crippen MR) is 68.9 cm³/mol. The maximum absolute atomic E-state index is 11.8. The Morgan fingerprint density at radius 3 is 2.81 bits per heavy atom. The maximum atomic E-state index is 11.8. The minimum absolute atomic E-state index is 0.273. The minimum Gasteiger partial charge on any atom is -0.337 e. The molecule has 1 aliphatic rings. The average molecular weight is 303 g/mol. The number of amides is 1. The lowest BCUT2D eigenvalue weighted by atomic mass is 10.2. The van der Waals surface area contributed by atoms with E-state index in [0.29, 0.717) is 12.3 Å². The van der Waals surface area contributed by atoms with E-state index in [-0.39, 0.29) is 5.91 Å². The van der Waals surface area contributed by atoms with Gasteiger partial charge in [0.1, 0.15) is 0 Å². The summed E-state index contributed by atoms with van der Waals surface area (Å²) in [6.07, 6.45) is 0.683. The number of alkyl halides is 1. The van der Waals surface area contributed by atoms with Crippen molar-refractivity contribution in [2.24, 2.45) is 5.92 Å². The zero-order chi connectivity index (χ0) is 11.7. The largest absolute Gasteiger partial charge is 0.337 e. The van der Waals surface area contributed by atoms with Crippen molar-refractivity contribution in [2.45, 2.75) is 26.8 Å². The van der Waals surface area contributed by atoms with Crippen molar-refractivity contribution in [1.82, 2.24) is 9.88 Å². The fraction of sp³-hybridized carbons (Fsp3) is 0.636. The molecule has 1 unspecified atom stereocenters. The van der Waals surface area contributed by atoms with Crippen LogP contribution >= 0.6 is 27.3 Å². The minimum atomic E-state index is 0.273. The van der Waals surface area contributed by atoms with Crippen LogP contribution in [0, 0.1) is 19.8 Å². The molecule has 1 saturated heterocycles. The Bertz CT molecular complexity index is 405. The van der Waals surface area contributed by atoms with E-state index in [1.54, 1.807) is 11.3 Å². The van der Waals surface area contributed by atoms with Crippen LogP contribution in [0.2, 0.25) is 0 Å². The molecular formula is C11H15BrN2OS. The van der Waals surface area contributed by atoms with Gasteiger partial charge in [-0.1, -0.05) is 15.9 Å². The molecule has 0 radical (unpaired) electrons. The van der Waals surface area contributed by atoms with Gasteiger partial charge in [-0.15, -0.1) is 11.3 Å². The zero-order valence-electron chi connectivity index (χ0n) is 9.49. The molecule has 0 aromatic carbocycles. The Morgan fingerprint density at radius 1 is 1.56 bits per heavy atom. The highest BCUT2D eigenvalue weighted by molar-refractivity contribution is 9.09. The van der Waals surface area contributed by atoms with E-state index in [9.17, 15) is 4.79 Å². The Balaban J connectivity index is 2.05. The molecule has 1 atom stereocenters. The van der Waals surface area contributed by atoms with Gasteiger partial charge in [-0.25, -0.2) is 4.98 Å². The Hall–Kier alpha value is -0.420. The lowest BCUT2D eigenvalue weighted by molar-refractivity contribution is -0.128. The third-order valence-electron chi connectivity index (χ3n) is 2.85. The Labute approximate surface area is 108 Å². The number of hydrogen-bond donors (Lipinski definition) is 0. The van der Waals surface area contributed by atoms with Crippen molar-refractivity contribution >= 4 is 33.2 Å². The van der Waals surface area contributed by atoms with Gasteiger partial charge in [-0.3, -0.25) is 4.79 Å². The highest BCUT2D eigenvalue weighted by Gasteiger charge is 2.29. The molecule has 1 amide bonds. The van der Waals surface area contributed by atoms with Crippen LogP contribution in [0.15, 0.2) is 0 Å². The third kappa shape index (κ3) is 2.46. The van der Waals surface area contributed by atoms with Gasteiger partial charge in [0.25, 0.3) is 0 Å². The summed E-state index contributed by atoms with van der Waals surface area (Å²) in [4.78, 5) is 19.3. The van der Waals surface area contributed by atoms with E-state index in [1.165, 1.54) is 4.88 Å². The fourth-order valence-corrected chi connectivity index (χ4v) is 3.39. The topological polar surface area (TPSA) is 33.2 Å². The van der Waals surface area contributed by atoms with Crippen LogP contribution in [0.1, 0.15) is 22.0 Å². The monoisotopic (exact) mass is 302 g/mol. The molecule has 0 spiro atoms. The first-order valence-electron chi connectivity index (χ1n) is 5.36. The number of hydrogen-bond acceptors (Lipinski definition) is 3. The van der Waals surface area contributed by atoms with Crippen molar-refractivity contribution in [3.8, 4) is 0 Å². The summed E-state index contributed by atoms with van der Waals surface area (Å²) in [5.41, 5.74) is 1.07. The van der Waals surface area contributed by atoms with Gasteiger partial charge in [-0.05, 0) is 19.8 Å². The number of aryl methyl sites for hydroxylation is 2. The van der Waals surface area contributed by atoms with E-state index in [4.69, 9.17) is 0 Å². The second-order valence-electron chi connectivity index (χ2n) is 4.24. The van der Waals surface area contributed by atoms with Crippen molar-refractivity contribution in [1.29, 1.82) is 0 Å². The summed E-state index contributed by atoms with van der Waals surface area (Å²) in [5.74, 6) is 0.747. The number of rotatable bonds is 3. The average Bonchev–Trinajstić information content (AvgIpc) is 2.72. The van der Waals surface area contributed by atoms with Crippen LogP contribution in [-0.4, -0.2) is 27.7 Å². The van der Waals surface area contributed by atoms with Gasteiger partial charge in [-0.2, -0.15) is 0 Å². The number of likely N-dealkylation sites (tertiary alicyclic amines) is 1. The number of nitrogens with zero attached hydrogens (tertiary/aromatic N) is 2. The summed E-state index contributed by atoms with van der Waals surface area (Å²) in [7, 11) is 0. The van der Waals surface area contributed by atoms with Crippen LogP contribution in [0.25, 0.3) is 0 Å². The van der Waals surface area contributed by atoms with Crippen molar-refractivity contribution < 1.29 is 4.79 Å². The van der Waals surface area contributed by atoms with Gasteiger partial charge in [0.15, 0.2) is 0 Å². The smallest absolute Gasteiger partial charge is 0.223 e. The van der Waals surface area contributed by atoms with E-state index in [2.05, 4.69) is 20.9 Å². The quantitative estimate of drug-likeness (QED) is 0.804. The van der Waals surface area contributed by atoms with Crippen molar-refractivity contribution in [3.63, 3.8) is 0 Å². The molecule has 1 aromatic rings. The van der Waals surface area contributed by atoms with Gasteiger partial charge >= 0.3 is 0 Å². The second-order valence-corrected chi connectivity index (χ2v) is 6.18. The second kappa shape index (κ2) is 4.84. The molecule has 0 N–H and O–H groups in total. The van der Waals surface area contributed by atoms with Gasteiger partial charge in [0, 0.05) is 23.2 Å². The molecule has 5 heteroatoms. The summed E-state index contributed by atoms with van der Waals surface area (Å²) >= 11 is 5.14. The zero-order valence-corrected chi connectivity index (χ0v) is 11.9. The standard InChI is InChI=1S/C11H15BrN2OS/c1-7-10(16-8(2)13-7)6-14-5-9(4-12)3-11(14)15/h9H,3-6H2,1-2H3. The summed E-state index contributed by atoms with van der Waals surface area (Å²) < 4.78 is 0. The molecule has 2 rings (SSSR count). The molecule has 0 saturated carbocycles. The number of aromatic nitrogens is 1. The fourth-order valence-electron chi connectivity index (χ4n) is 2.00. The molecule has 1 aromatic heterocycles. The van der Waals surface area contributed by atoms with Crippen molar-refractivity contribution in [2.75, 3.05) is 11.9 Å². The first kappa shape index (κ1) is 12.0. The molecule has 2 heterocycles. The van der Waals surface area contributed by atoms with Crippen molar-refractivity contribution in [3.05, 3.63) is 15.6 Å². The summed E-state index contributed by atoms with van der Waals surface area (Å²) in [5, 5.41) is 1.99. The van der Waals surface area contributed by atoms with Crippen LogP contribution in [0.4, 0.5) is 0 Å². The lowest BCUT2D eigenvalue weighted by Crippen LogP contribution is -2.24. The summed E-state index contributed by atoms with van der Waals surface area (Å²) in [6, 6.07) is 0. The van der Waals surface area contributed by atoms with E-state index < -0.39 is 0 Å². The molecule has 3 nitrogen and oxygen atoms in total. The van der Waals surface area contributed by atoms with E-state index >= 15 is 0 Å². The van der Waals surface area contributed by atoms with Gasteiger partial charge in [0.05, 0.1) is 17.2 Å². The van der Waals surface area contributed by atoms with Crippen LogP contribution in [-0.2, 0) is 11.3 Å². The third-order valence-corrected chi connectivity index (χ3v) is 4.82. The molecule has 88 valence electrons. The molecule has 1 fully saturated rings. The molecule has 0 bridgehead atoms. The van der Waals surface area contributed by atoms with Crippen LogP contribution in [0.3, 0.4) is 0 Å². The Morgan fingerprint density at radius 2 is 2.31 bits per heavy atom. The molecule has 16 heavy (non-hydrogen) atoms. The predicted octanol–water partition coefficient (Wildman–Crippen LogP) is 2.50. The highest BCUT2D eigenvalue weighted by Crippen LogP contribution is 2.25. The normalized spacial score (nSPS) is 20.8. The Kier molecular flexibility index (Phi) is 3.64. The lowest BCUT2D eigenvalue weighted by Gasteiger charge is -2.15. The molecule has 0 aliphatic carbocycles. The first-order valence-corrected chi connectivity index (χ1v) is 7.30. The van der Waals surface area contributed by atoms with Gasteiger partial charge in [0.2, 0.25) is 5.91 Å². The SMILES string of the molecule is Cc1nc(C)c(CN2CC(CBr)CC2=O)s1. The van der Waals surface area contributed by atoms with Crippen LogP contribution in [0.5, 0.6) is 0 Å². The van der Waals surface area contributed by atoms with E-state index in [1.807, 2.05) is 18.7 Å². The van der Waals surface area contributed by atoms with E-state index in [0.717, 1.165) is 29.1 Å². The summed E-state index contributed by atoms with van der Waals surface area (Å²) in [6.45, 7) is 5.63. The molecular weight excluding hydrogens is 288 g/mol. The van der Waals surface area contributed by atoms with Gasteiger partial charge < -0.3 is 4.90 Å². The number of halogens is 1. The number of carbonyl (C=O) groups is 1. The number of thiazole rings is 1. The maximum Gasteiger partial charge on any atom is 0.223 e. The first-order chi connectivity index (χ1) is 7.60. The highest BCUT2D eigenvalue weighted by atomic mass is 79.9. The number of carbonyl (C=O) groups excluding carboxylic acids is 1. The van der Waals surface area contributed by atoms with Crippen LogP contribution < -0.4 is 0 Å².